The molecule has 1 saturated carbocycles. The van der Waals surface area contributed by atoms with E-state index in [9.17, 15) is 4.21 Å². The highest BCUT2D eigenvalue weighted by atomic mass is 32.2. The van der Waals surface area contributed by atoms with Gasteiger partial charge in [0.15, 0.2) is 0 Å². The van der Waals surface area contributed by atoms with Crippen LogP contribution in [0.25, 0.3) is 0 Å². The van der Waals surface area contributed by atoms with E-state index in [0.717, 1.165) is 18.2 Å². The molecule has 0 aromatic rings. The molecule has 3 heteroatoms. The van der Waals surface area contributed by atoms with Crippen molar-refractivity contribution in [3.63, 3.8) is 0 Å². The number of hydrogen-bond donors (Lipinski definition) is 1. The van der Waals surface area contributed by atoms with Crippen LogP contribution in [0.3, 0.4) is 0 Å². The van der Waals surface area contributed by atoms with Crippen molar-refractivity contribution in [3.05, 3.63) is 0 Å². The van der Waals surface area contributed by atoms with Crippen molar-refractivity contribution in [2.45, 2.75) is 38.6 Å². The Labute approximate surface area is 83.9 Å². The van der Waals surface area contributed by atoms with Crippen molar-refractivity contribution in [1.29, 1.82) is 0 Å². The Bertz CT molecular complexity index is 168. The molecule has 0 spiro atoms. The van der Waals surface area contributed by atoms with Gasteiger partial charge in [0, 0.05) is 35.4 Å². The fourth-order valence-corrected chi connectivity index (χ4v) is 2.11. The lowest BCUT2D eigenvalue weighted by molar-refractivity contribution is 0.442. The normalized spacial score (nSPS) is 21.4. The molecular weight excluding hydrogens is 182 g/mol. The first-order chi connectivity index (χ1) is 6.24. The second-order valence-corrected chi connectivity index (χ2v) is 5.52. The standard InChI is InChI=1S/C10H21NOS/c1-3-4-10(9-5-6-9)11-7-8-13(2)12/h9-11H,3-8H2,1-2H3. The van der Waals surface area contributed by atoms with E-state index < -0.39 is 10.8 Å². The summed E-state index contributed by atoms with van der Waals surface area (Å²) < 4.78 is 10.8. The summed E-state index contributed by atoms with van der Waals surface area (Å²) in [6.07, 6.45) is 7.10. The van der Waals surface area contributed by atoms with E-state index >= 15 is 0 Å². The molecule has 0 aromatic heterocycles. The van der Waals surface area contributed by atoms with E-state index in [1.165, 1.54) is 25.7 Å². The summed E-state index contributed by atoms with van der Waals surface area (Å²) in [5.74, 6) is 1.72. The molecule has 1 rings (SSSR count). The summed E-state index contributed by atoms with van der Waals surface area (Å²) in [5, 5.41) is 3.52. The predicted molar refractivity (Wildman–Crippen MR) is 58.4 cm³/mol. The zero-order chi connectivity index (χ0) is 9.68. The third-order valence-electron chi connectivity index (χ3n) is 2.59. The first-order valence-corrected chi connectivity index (χ1v) is 7.00. The maximum Gasteiger partial charge on any atom is 0.0357 e. The van der Waals surface area contributed by atoms with Crippen LogP contribution >= 0.6 is 0 Å². The summed E-state index contributed by atoms with van der Waals surface area (Å²) in [6.45, 7) is 3.15. The van der Waals surface area contributed by atoms with E-state index in [0.29, 0.717) is 6.04 Å². The largest absolute Gasteiger partial charge is 0.313 e. The fourth-order valence-electron chi connectivity index (χ4n) is 1.70. The van der Waals surface area contributed by atoms with Crippen LogP contribution in [0, 0.1) is 5.92 Å². The minimum Gasteiger partial charge on any atom is -0.313 e. The Balaban J connectivity index is 2.10. The lowest BCUT2D eigenvalue weighted by Gasteiger charge is -2.16. The van der Waals surface area contributed by atoms with Gasteiger partial charge in [0.25, 0.3) is 0 Å². The predicted octanol–water partition coefficient (Wildman–Crippen LogP) is 1.53. The van der Waals surface area contributed by atoms with Gasteiger partial charge in [0.1, 0.15) is 0 Å². The number of nitrogens with one attached hydrogen (secondary N) is 1. The molecular formula is C10H21NOS. The highest BCUT2D eigenvalue weighted by Gasteiger charge is 2.29. The molecule has 0 aromatic carbocycles. The Hall–Kier alpha value is 0.110. The molecule has 0 saturated heterocycles. The van der Waals surface area contributed by atoms with Crippen LogP contribution < -0.4 is 5.32 Å². The van der Waals surface area contributed by atoms with Gasteiger partial charge in [0.2, 0.25) is 0 Å². The molecule has 78 valence electrons. The van der Waals surface area contributed by atoms with Gasteiger partial charge < -0.3 is 5.32 Å². The summed E-state index contributed by atoms with van der Waals surface area (Å²) in [7, 11) is -0.641. The highest BCUT2D eigenvalue weighted by Crippen LogP contribution is 2.34. The number of rotatable bonds is 7. The van der Waals surface area contributed by atoms with E-state index in [4.69, 9.17) is 0 Å². The lowest BCUT2D eigenvalue weighted by atomic mass is 10.1. The SMILES string of the molecule is CCCC(NCCS(C)=O)C1CC1. The lowest BCUT2D eigenvalue weighted by Crippen LogP contribution is -2.33. The van der Waals surface area contributed by atoms with Crippen LogP contribution in [0.15, 0.2) is 0 Å². The summed E-state index contributed by atoms with van der Waals surface area (Å²) >= 11 is 0. The maximum atomic E-state index is 10.8. The molecule has 1 aliphatic carbocycles. The monoisotopic (exact) mass is 203 g/mol. The van der Waals surface area contributed by atoms with Crippen molar-refractivity contribution in [2.75, 3.05) is 18.6 Å². The van der Waals surface area contributed by atoms with Crippen molar-refractivity contribution >= 4 is 10.8 Å². The molecule has 0 radical (unpaired) electrons. The zero-order valence-corrected chi connectivity index (χ0v) is 9.53. The van der Waals surface area contributed by atoms with Crippen LogP contribution in [0.4, 0.5) is 0 Å². The minimum atomic E-state index is -0.641. The van der Waals surface area contributed by atoms with Crippen LogP contribution in [0.2, 0.25) is 0 Å². The summed E-state index contributed by atoms with van der Waals surface area (Å²) in [5.41, 5.74) is 0. The first-order valence-electron chi connectivity index (χ1n) is 5.27. The zero-order valence-electron chi connectivity index (χ0n) is 8.71. The number of hydrogen-bond acceptors (Lipinski definition) is 2. The highest BCUT2D eigenvalue weighted by molar-refractivity contribution is 7.84. The Morgan fingerprint density at radius 1 is 1.54 bits per heavy atom. The smallest absolute Gasteiger partial charge is 0.0357 e. The topological polar surface area (TPSA) is 29.1 Å². The summed E-state index contributed by atoms with van der Waals surface area (Å²) in [4.78, 5) is 0. The van der Waals surface area contributed by atoms with E-state index in [-0.39, 0.29) is 0 Å². The van der Waals surface area contributed by atoms with Crippen molar-refractivity contribution < 1.29 is 4.21 Å². The van der Waals surface area contributed by atoms with Crippen LogP contribution in [0.1, 0.15) is 32.6 Å². The Morgan fingerprint density at radius 2 is 2.23 bits per heavy atom. The Morgan fingerprint density at radius 3 is 2.69 bits per heavy atom. The average molecular weight is 203 g/mol. The first kappa shape index (κ1) is 11.2. The van der Waals surface area contributed by atoms with Gasteiger partial charge in [-0.2, -0.15) is 0 Å². The van der Waals surface area contributed by atoms with Gasteiger partial charge in [0.05, 0.1) is 0 Å². The van der Waals surface area contributed by atoms with Crippen molar-refractivity contribution in [3.8, 4) is 0 Å². The van der Waals surface area contributed by atoms with Gasteiger partial charge in [-0.1, -0.05) is 13.3 Å². The molecule has 1 N–H and O–H groups in total. The minimum absolute atomic E-state index is 0.641. The van der Waals surface area contributed by atoms with Gasteiger partial charge in [-0.05, 0) is 25.2 Å². The van der Waals surface area contributed by atoms with Crippen LogP contribution in [-0.2, 0) is 10.8 Å². The van der Waals surface area contributed by atoms with Gasteiger partial charge in [-0.3, -0.25) is 4.21 Å². The Kier molecular flexibility index (Phi) is 4.96. The third-order valence-corrected chi connectivity index (χ3v) is 3.37. The molecule has 2 nitrogen and oxygen atoms in total. The van der Waals surface area contributed by atoms with Crippen molar-refractivity contribution in [1.82, 2.24) is 5.32 Å². The molecule has 0 heterocycles. The van der Waals surface area contributed by atoms with Gasteiger partial charge in [-0.25, -0.2) is 0 Å². The molecule has 2 atom stereocenters. The van der Waals surface area contributed by atoms with Crippen molar-refractivity contribution in [2.24, 2.45) is 5.92 Å². The second kappa shape index (κ2) is 5.76. The molecule has 1 fully saturated rings. The molecule has 0 aliphatic heterocycles. The van der Waals surface area contributed by atoms with E-state index in [1.807, 2.05) is 0 Å². The second-order valence-electron chi connectivity index (χ2n) is 3.96. The maximum absolute atomic E-state index is 10.8. The van der Waals surface area contributed by atoms with Gasteiger partial charge >= 0.3 is 0 Å². The average Bonchev–Trinajstić information content (AvgIpc) is 2.84. The molecule has 13 heavy (non-hydrogen) atoms. The molecule has 0 bridgehead atoms. The third kappa shape index (κ3) is 4.77. The molecule has 1 aliphatic rings. The van der Waals surface area contributed by atoms with Crippen LogP contribution in [-0.4, -0.2) is 28.8 Å². The fraction of sp³-hybridized carbons (Fsp3) is 1.00. The molecule has 0 amide bonds. The van der Waals surface area contributed by atoms with Crippen LogP contribution in [0.5, 0.6) is 0 Å². The molecule has 2 unspecified atom stereocenters. The van der Waals surface area contributed by atoms with E-state index in [1.54, 1.807) is 6.26 Å². The summed E-state index contributed by atoms with van der Waals surface area (Å²) in [6, 6.07) is 0.702. The van der Waals surface area contributed by atoms with Gasteiger partial charge in [-0.15, -0.1) is 0 Å². The van der Waals surface area contributed by atoms with E-state index in [2.05, 4.69) is 12.2 Å². The quantitative estimate of drug-likeness (QED) is 0.680.